The average Bonchev–Trinajstić information content (AvgIpc) is 2.66. The highest BCUT2D eigenvalue weighted by Crippen LogP contribution is 2.34. The van der Waals surface area contributed by atoms with Gasteiger partial charge in [0.1, 0.15) is 27.6 Å². The number of ether oxygens (including phenoxy) is 1. The Kier molecular flexibility index (Phi) is 3.49. The van der Waals surface area contributed by atoms with E-state index in [9.17, 15) is 4.79 Å². The number of esters is 1. The first-order valence-corrected chi connectivity index (χ1v) is 5.11. The van der Waals surface area contributed by atoms with Gasteiger partial charge in [-0.05, 0) is 0 Å². The highest BCUT2D eigenvalue weighted by Gasteiger charge is 2.25. The molecule has 0 N–H and O–H groups in total. The van der Waals surface area contributed by atoms with Crippen molar-refractivity contribution in [2.75, 3.05) is 26.1 Å². The molecule has 1 heterocycles. The van der Waals surface area contributed by atoms with Gasteiger partial charge in [0.15, 0.2) is 0 Å². The Bertz CT molecular complexity index is 505. The third kappa shape index (κ3) is 1.83. The molecule has 1 rings (SSSR count). The van der Waals surface area contributed by atoms with Crippen molar-refractivity contribution < 1.29 is 9.53 Å². The van der Waals surface area contributed by atoms with Gasteiger partial charge in [-0.15, -0.1) is 11.3 Å². The summed E-state index contributed by atoms with van der Waals surface area (Å²) in [6.07, 6.45) is 0. The third-order valence-corrected chi connectivity index (χ3v) is 3.16. The van der Waals surface area contributed by atoms with Crippen molar-refractivity contribution in [1.82, 2.24) is 0 Å². The average molecular weight is 235 g/mol. The third-order valence-electron chi connectivity index (χ3n) is 1.90. The van der Waals surface area contributed by atoms with E-state index in [-0.39, 0.29) is 16.0 Å². The molecule has 0 saturated carbocycles. The van der Waals surface area contributed by atoms with Gasteiger partial charge in [0, 0.05) is 14.1 Å². The molecular weight excluding hydrogens is 226 g/mol. The number of hydrogen-bond acceptors (Lipinski definition) is 6. The van der Waals surface area contributed by atoms with Crippen LogP contribution in [0.25, 0.3) is 0 Å². The van der Waals surface area contributed by atoms with Crippen LogP contribution < -0.4 is 4.90 Å². The van der Waals surface area contributed by atoms with Gasteiger partial charge in [-0.25, -0.2) is 4.79 Å². The number of carbonyl (C=O) groups excluding carboxylic acids is 1. The van der Waals surface area contributed by atoms with Gasteiger partial charge in [-0.1, -0.05) is 0 Å². The molecule has 6 heteroatoms. The molecule has 1 aromatic rings. The minimum Gasteiger partial charge on any atom is -0.465 e. The molecule has 0 radical (unpaired) electrons. The quantitative estimate of drug-likeness (QED) is 0.723. The molecule has 0 atom stereocenters. The first kappa shape index (κ1) is 12.0. The maximum absolute atomic E-state index is 11.5. The van der Waals surface area contributed by atoms with Crippen LogP contribution in [0.4, 0.5) is 5.00 Å². The predicted octanol–water partition coefficient (Wildman–Crippen LogP) is 1.34. The van der Waals surface area contributed by atoms with Crippen molar-refractivity contribution in [3.63, 3.8) is 0 Å². The van der Waals surface area contributed by atoms with Crippen LogP contribution >= 0.6 is 11.3 Å². The molecule has 0 bridgehead atoms. The number of rotatable bonds is 2. The number of hydrogen-bond donors (Lipinski definition) is 0. The van der Waals surface area contributed by atoms with E-state index >= 15 is 0 Å². The Balaban J connectivity index is 3.54. The summed E-state index contributed by atoms with van der Waals surface area (Å²) in [6, 6.07) is 3.77. The molecule has 0 aromatic carbocycles. The van der Waals surface area contributed by atoms with E-state index in [0.717, 1.165) is 11.3 Å². The van der Waals surface area contributed by atoms with E-state index in [0.29, 0.717) is 5.00 Å². The summed E-state index contributed by atoms with van der Waals surface area (Å²) in [7, 11) is 4.72. The maximum atomic E-state index is 11.5. The van der Waals surface area contributed by atoms with Crippen molar-refractivity contribution in [1.29, 1.82) is 10.5 Å². The van der Waals surface area contributed by atoms with Crippen molar-refractivity contribution in [3.8, 4) is 12.1 Å². The maximum Gasteiger partial charge on any atom is 0.342 e. The fraction of sp³-hybridized carbons (Fsp3) is 0.300. The van der Waals surface area contributed by atoms with E-state index < -0.39 is 5.97 Å². The number of methoxy groups -OCH3 is 1. The van der Waals surface area contributed by atoms with Gasteiger partial charge in [0.25, 0.3) is 0 Å². The Morgan fingerprint density at radius 2 is 2.00 bits per heavy atom. The fourth-order valence-electron chi connectivity index (χ4n) is 1.21. The highest BCUT2D eigenvalue weighted by molar-refractivity contribution is 7.17. The van der Waals surface area contributed by atoms with Crippen LogP contribution in [-0.4, -0.2) is 27.2 Å². The molecule has 0 amide bonds. The SMILES string of the molecule is COC(=O)c1c(N(C)C)sc(C#N)c1C#N. The molecular formula is C10H9N3O2S. The minimum atomic E-state index is -0.599. The molecule has 16 heavy (non-hydrogen) atoms. The molecule has 0 aliphatic rings. The number of carbonyl (C=O) groups is 1. The Morgan fingerprint density at radius 1 is 1.38 bits per heavy atom. The second kappa shape index (κ2) is 4.65. The van der Waals surface area contributed by atoms with Crippen molar-refractivity contribution in [3.05, 3.63) is 16.0 Å². The van der Waals surface area contributed by atoms with Gasteiger partial charge in [0.05, 0.1) is 12.7 Å². The second-order valence-electron chi connectivity index (χ2n) is 3.10. The zero-order valence-electron chi connectivity index (χ0n) is 9.07. The van der Waals surface area contributed by atoms with Crippen molar-refractivity contribution >= 4 is 22.3 Å². The summed E-state index contributed by atoms with van der Waals surface area (Å²) in [5, 5.41) is 18.4. The van der Waals surface area contributed by atoms with Gasteiger partial charge in [0.2, 0.25) is 0 Å². The largest absolute Gasteiger partial charge is 0.465 e. The molecule has 0 saturated heterocycles. The zero-order chi connectivity index (χ0) is 12.3. The summed E-state index contributed by atoms with van der Waals surface area (Å²) in [4.78, 5) is 13.5. The zero-order valence-corrected chi connectivity index (χ0v) is 9.88. The van der Waals surface area contributed by atoms with Crippen LogP contribution in [0.15, 0.2) is 0 Å². The summed E-state index contributed by atoms with van der Waals surface area (Å²) in [5.41, 5.74) is 0.250. The lowest BCUT2D eigenvalue weighted by Crippen LogP contribution is -2.13. The lowest BCUT2D eigenvalue weighted by atomic mass is 10.1. The molecule has 0 fully saturated rings. The molecule has 0 unspecified atom stereocenters. The standard InChI is InChI=1S/C10H9N3O2S/c1-13(2)9-8(10(14)15-3)6(4-11)7(5-12)16-9/h1-3H3. The van der Waals surface area contributed by atoms with Gasteiger partial charge >= 0.3 is 5.97 Å². The van der Waals surface area contributed by atoms with Gasteiger partial charge in [-0.2, -0.15) is 10.5 Å². The number of anilines is 1. The fourth-order valence-corrected chi connectivity index (χ4v) is 2.17. The van der Waals surface area contributed by atoms with E-state index in [1.165, 1.54) is 7.11 Å². The summed E-state index contributed by atoms with van der Waals surface area (Å²) in [5.74, 6) is -0.599. The summed E-state index contributed by atoms with van der Waals surface area (Å²) < 4.78 is 4.61. The van der Waals surface area contributed by atoms with Gasteiger partial charge < -0.3 is 9.64 Å². The minimum absolute atomic E-state index is 0.0862. The van der Waals surface area contributed by atoms with Crippen LogP contribution in [-0.2, 0) is 4.74 Å². The molecule has 82 valence electrons. The Labute approximate surface area is 97.1 Å². The second-order valence-corrected chi connectivity index (χ2v) is 4.10. The van der Waals surface area contributed by atoms with E-state index in [2.05, 4.69) is 4.74 Å². The van der Waals surface area contributed by atoms with Crippen LogP contribution in [0.5, 0.6) is 0 Å². The van der Waals surface area contributed by atoms with Crippen molar-refractivity contribution in [2.45, 2.75) is 0 Å². The smallest absolute Gasteiger partial charge is 0.342 e. The van der Waals surface area contributed by atoms with Crippen LogP contribution in [0, 0.1) is 22.7 Å². The molecule has 0 aliphatic heterocycles. The normalized spacial score (nSPS) is 9.06. The van der Waals surface area contributed by atoms with E-state index in [4.69, 9.17) is 10.5 Å². The van der Waals surface area contributed by atoms with Crippen LogP contribution in [0.2, 0.25) is 0 Å². The van der Waals surface area contributed by atoms with Crippen molar-refractivity contribution in [2.24, 2.45) is 0 Å². The number of nitriles is 2. The van der Waals surface area contributed by atoms with E-state index in [1.807, 2.05) is 12.1 Å². The van der Waals surface area contributed by atoms with Crippen LogP contribution in [0.3, 0.4) is 0 Å². The molecule has 0 aliphatic carbocycles. The van der Waals surface area contributed by atoms with Gasteiger partial charge in [-0.3, -0.25) is 0 Å². The molecule has 1 aromatic heterocycles. The summed E-state index contributed by atoms with van der Waals surface area (Å²) in [6.45, 7) is 0. The number of thiophene rings is 1. The first-order valence-electron chi connectivity index (χ1n) is 4.29. The number of nitrogens with zero attached hydrogens (tertiary/aromatic N) is 3. The Hall–Kier alpha value is -2.05. The highest BCUT2D eigenvalue weighted by atomic mass is 32.1. The molecule has 0 spiro atoms. The van der Waals surface area contributed by atoms with E-state index in [1.54, 1.807) is 19.0 Å². The topological polar surface area (TPSA) is 77.1 Å². The Morgan fingerprint density at radius 3 is 2.38 bits per heavy atom. The molecule has 5 nitrogen and oxygen atoms in total. The lowest BCUT2D eigenvalue weighted by Gasteiger charge is -2.11. The van der Waals surface area contributed by atoms with Crippen LogP contribution in [0.1, 0.15) is 20.8 Å². The monoisotopic (exact) mass is 235 g/mol. The lowest BCUT2D eigenvalue weighted by molar-refractivity contribution is 0.0601. The first-order chi connectivity index (χ1) is 7.56. The predicted molar refractivity (Wildman–Crippen MR) is 59.4 cm³/mol. The summed E-state index contributed by atoms with van der Waals surface area (Å²) >= 11 is 1.10.